The van der Waals surface area contributed by atoms with Crippen molar-refractivity contribution in [2.45, 2.75) is 32.1 Å². The van der Waals surface area contributed by atoms with E-state index in [0.29, 0.717) is 42.1 Å². The van der Waals surface area contributed by atoms with Crippen LogP contribution in [0, 0.1) is 0 Å². The molecule has 7 rings (SSSR count). The predicted molar refractivity (Wildman–Crippen MR) is 227 cm³/mol. The quantitative estimate of drug-likeness (QED) is 0.0398. The number of pyridine rings is 2. The number of hydrogen-bond donors (Lipinski definition) is 0. The molecule has 9 nitrogen and oxygen atoms in total. The van der Waals surface area contributed by atoms with Crippen LogP contribution in [0.4, 0.5) is 0 Å². The maximum atomic E-state index is 12.2. The lowest BCUT2D eigenvalue weighted by Crippen LogP contribution is -2.48. The molecule has 0 aliphatic heterocycles. The van der Waals surface area contributed by atoms with Crippen molar-refractivity contribution in [2.24, 2.45) is 0 Å². The van der Waals surface area contributed by atoms with Crippen LogP contribution in [0.5, 0.6) is 0 Å². The Morgan fingerprint density at radius 1 is 0.500 bits per heavy atom. The highest BCUT2D eigenvalue weighted by molar-refractivity contribution is 6.28. The molecule has 7 aromatic rings. The first-order chi connectivity index (χ1) is 29.4. The lowest BCUT2D eigenvalue weighted by Gasteiger charge is -2.37. The third-order valence-electron chi connectivity index (χ3n) is 9.47. The number of carbonyl (C=O) groups is 2. The fourth-order valence-corrected chi connectivity index (χ4v) is 6.80. The van der Waals surface area contributed by atoms with E-state index in [1.165, 1.54) is 26.2 Å². The summed E-state index contributed by atoms with van der Waals surface area (Å²) in [6.07, 6.45) is 4.82. The monoisotopic (exact) mass is 800 g/mol. The summed E-state index contributed by atoms with van der Waals surface area (Å²) < 4.78 is 7.75. The van der Waals surface area contributed by atoms with Gasteiger partial charge in [-0.2, -0.15) is 0 Å². The van der Waals surface area contributed by atoms with Gasteiger partial charge in [-0.3, -0.25) is 19.3 Å². The molecule has 0 spiro atoms. The molecule has 0 radical (unpaired) electrons. The first-order valence-corrected chi connectivity index (χ1v) is 20.0. The van der Waals surface area contributed by atoms with Gasteiger partial charge in [0.2, 0.25) is 12.4 Å². The minimum atomic E-state index is -2.23. The molecule has 0 fully saturated rings. The van der Waals surface area contributed by atoms with Crippen molar-refractivity contribution >= 4 is 18.9 Å². The molecule has 0 saturated carbocycles. The van der Waals surface area contributed by atoms with Gasteiger partial charge in [-0.25, -0.2) is 0 Å². The van der Waals surface area contributed by atoms with Gasteiger partial charge >= 0.3 is 11.4 Å². The molecule has 0 aliphatic rings. The third kappa shape index (κ3) is 12.2. The van der Waals surface area contributed by atoms with E-state index < -0.39 is 7.32 Å². The second-order valence-electron chi connectivity index (χ2n) is 13.3. The van der Waals surface area contributed by atoms with E-state index in [1.807, 2.05) is 129 Å². The number of benzene rings is 5. The average molecular weight is 801 g/mol. The van der Waals surface area contributed by atoms with Gasteiger partial charge in [-0.15, -0.1) is 0 Å². The van der Waals surface area contributed by atoms with Crippen molar-refractivity contribution in [1.29, 1.82) is 0 Å². The molecule has 0 N–H and O–H groups in total. The smallest absolute Gasteiger partial charge is 0.305 e. The number of nitrogens with zero attached hydrogens (tertiary/aromatic N) is 2. The maximum Gasteiger partial charge on any atom is 0.305 e. The molecule has 0 bridgehead atoms. The highest BCUT2D eigenvalue weighted by Crippen LogP contribution is 2.43. The lowest BCUT2D eigenvalue weighted by molar-refractivity contribution is -0.891. The van der Waals surface area contributed by atoms with Crippen LogP contribution in [0.2, 0.25) is 0 Å². The summed E-state index contributed by atoms with van der Waals surface area (Å²) in [5.41, 5.74) is 5.55. The molecule has 0 saturated heterocycles. The summed E-state index contributed by atoms with van der Waals surface area (Å²) in [5, 5.41) is 21.4. The van der Waals surface area contributed by atoms with E-state index in [1.54, 1.807) is 48.8 Å². The van der Waals surface area contributed by atoms with E-state index in [0.717, 1.165) is 6.42 Å². The maximum absolute atomic E-state index is 12.2. The molecule has 10 heteroatoms. The summed E-state index contributed by atoms with van der Waals surface area (Å²) in [6.45, 7) is 4.97. The Labute approximate surface area is 352 Å². The SMILES string of the molecule is CCO[n+]1ccccc1C(=O)c1ccccc1.CCO[n+]1ccccc1C(=O)c1ccccc1.[O-]B([O-])OCCCC(c1ccccc1)(c1ccccc1)c1ccccc1. The summed E-state index contributed by atoms with van der Waals surface area (Å²) in [6, 6.07) is 60.2. The Kier molecular flexibility index (Phi) is 17.5. The number of carbonyl (C=O) groups excluding carboxylic acids is 2. The average Bonchev–Trinajstić information content (AvgIpc) is 3.31. The number of ketones is 2. The Morgan fingerprint density at radius 2 is 0.833 bits per heavy atom. The fourth-order valence-electron chi connectivity index (χ4n) is 6.80. The number of aromatic nitrogens is 2. The van der Waals surface area contributed by atoms with E-state index >= 15 is 0 Å². The Balaban J connectivity index is 0.000000177. The van der Waals surface area contributed by atoms with E-state index in [9.17, 15) is 19.6 Å². The van der Waals surface area contributed by atoms with Gasteiger partial charge in [0.1, 0.15) is 0 Å². The second kappa shape index (κ2) is 23.6. The fraction of sp³-hybridized carbons (Fsp3) is 0.160. The zero-order valence-corrected chi connectivity index (χ0v) is 33.9. The summed E-state index contributed by atoms with van der Waals surface area (Å²) in [4.78, 5) is 35.2. The van der Waals surface area contributed by atoms with Crippen LogP contribution in [-0.2, 0) is 10.1 Å². The van der Waals surface area contributed by atoms with Crippen LogP contribution >= 0.6 is 0 Å². The molecule has 304 valence electrons. The normalized spacial score (nSPS) is 10.5. The van der Waals surface area contributed by atoms with Crippen LogP contribution in [0.25, 0.3) is 0 Å². The highest BCUT2D eigenvalue weighted by Gasteiger charge is 2.35. The lowest BCUT2D eigenvalue weighted by atomic mass is 9.67. The van der Waals surface area contributed by atoms with Gasteiger partial charge in [-0.05, 0) is 55.5 Å². The zero-order chi connectivity index (χ0) is 42.4. The Bertz CT molecular complexity index is 2120. The van der Waals surface area contributed by atoms with E-state index in [2.05, 4.69) is 36.4 Å². The molecule has 60 heavy (non-hydrogen) atoms. The molecule has 0 amide bonds. The van der Waals surface area contributed by atoms with Crippen molar-refractivity contribution in [2.75, 3.05) is 19.8 Å². The van der Waals surface area contributed by atoms with Crippen LogP contribution in [0.15, 0.2) is 200 Å². The highest BCUT2D eigenvalue weighted by atomic mass is 16.7. The predicted octanol–water partition coefficient (Wildman–Crippen LogP) is 5.83. The molecule has 0 unspecified atom stereocenters. The first-order valence-electron chi connectivity index (χ1n) is 20.0. The number of hydrogen-bond acceptors (Lipinski definition) is 7. The second-order valence-corrected chi connectivity index (χ2v) is 13.3. The zero-order valence-electron chi connectivity index (χ0n) is 33.9. The summed E-state index contributed by atoms with van der Waals surface area (Å²) in [7, 11) is -2.23. The van der Waals surface area contributed by atoms with Gasteiger partial charge in [-0.1, -0.05) is 152 Å². The number of rotatable bonds is 16. The molecule has 5 aromatic carbocycles. The molecular formula is C50H49BN2O7. The molecular weight excluding hydrogens is 751 g/mol. The molecule has 2 aromatic heterocycles. The van der Waals surface area contributed by atoms with Gasteiger partial charge in [0.25, 0.3) is 11.6 Å². The third-order valence-corrected chi connectivity index (χ3v) is 9.47. The minimum Gasteiger partial charge on any atom is -0.871 e. The van der Waals surface area contributed by atoms with E-state index in [-0.39, 0.29) is 23.6 Å². The van der Waals surface area contributed by atoms with Crippen LogP contribution in [0.1, 0.15) is 75.5 Å². The minimum absolute atomic E-state index is 0.0420. The van der Waals surface area contributed by atoms with Crippen LogP contribution < -0.4 is 29.2 Å². The molecule has 0 aliphatic carbocycles. The Hall–Kier alpha value is -6.72. The van der Waals surface area contributed by atoms with Gasteiger partial charge in [0, 0.05) is 56.9 Å². The van der Waals surface area contributed by atoms with Crippen molar-refractivity contribution in [3.63, 3.8) is 0 Å². The van der Waals surface area contributed by atoms with E-state index in [4.69, 9.17) is 14.3 Å². The standard InChI is InChI=1S/C22H21BO3.2C14H14NO2/c24-23(25)26-18-10-17-22(19-11-4-1-5-12-19,20-13-6-2-7-14-20)21-15-8-3-9-16-21;2*1-2-17-15-11-7-6-10-13(15)14(16)12-8-4-3-5-9-12/h1-9,11-16H,10,17-18H2;2*3-11H,2H2,1H3/q-2;2*+1. The van der Waals surface area contributed by atoms with Gasteiger partial charge in [0.05, 0.1) is 7.32 Å². The van der Waals surface area contributed by atoms with Crippen molar-refractivity contribution in [1.82, 2.24) is 0 Å². The topological polar surface area (TPSA) is 116 Å². The van der Waals surface area contributed by atoms with Gasteiger partial charge < -0.3 is 14.7 Å². The first kappa shape index (κ1) is 44.4. The van der Waals surface area contributed by atoms with Crippen molar-refractivity contribution < 1.29 is 43.4 Å². The summed E-state index contributed by atoms with van der Waals surface area (Å²) in [5.74, 6) is -0.0840. The Morgan fingerprint density at radius 3 is 1.17 bits per heavy atom. The molecule has 2 heterocycles. The largest absolute Gasteiger partial charge is 0.871 e. The van der Waals surface area contributed by atoms with Gasteiger partial charge in [0.15, 0.2) is 13.2 Å². The summed E-state index contributed by atoms with van der Waals surface area (Å²) >= 11 is 0. The van der Waals surface area contributed by atoms with Crippen LogP contribution in [0.3, 0.4) is 0 Å². The van der Waals surface area contributed by atoms with Crippen molar-refractivity contribution in [3.05, 3.63) is 240 Å². The van der Waals surface area contributed by atoms with Crippen LogP contribution in [-0.4, -0.2) is 38.7 Å². The molecule has 0 atom stereocenters. The van der Waals surface area contributed by atoms with Crippen molar-refractivity contribution in [3.8, 4) is 0 Å².